The van der Waals surface area contributed by atoms with Crippen molar-refractivity contribution in [1.29, 1.82) is 0 Å². The summed E-state index contributed by atoms with van der Waals surface area (Å²) in [6.07, 6.45) is 0.428. The summed E-state index contributed by atoms with van der Waals surface area (Å²) in [4.78, 5) is 17.3. The van der Waals surface area contributed by atoms with Crippen molar-refractivity contribution in [3.63, 3.8) is 0 Å². The number of guanidine groups is 1. The van der Waals surface area contributed by atoms with Gasteiger partial charge in [0.1, 0.15) is 11.3 Å². The number of nitrogens with one attached hydrogen (secondary N) is 2. The van der Waals surface area contributed by atoms with E-state index in [4.69, 9.17) is 4.42 Å². The van der Waals surface area contributed by atoms with E-state index in [0.717, 1.165) is 22.3 Å². The summed E-state index contributed by atoms with van der Waals surface area (Å²) in [7, 11) is 5.20. The fourth-order valence-electron chi connectivity index (χ4n) is 2.29. The number of amides is 1. The molecule has 0 spiro atoms. The Hall–Kier alpha value is -1.77. The summed E-state index contributed by atoms with van der Waals surface area (Å²) < 4.78 is 5.86. The van der Waals surface area contributed by atoms with E-state index in [2.05, 4.69) is 28.6 Å². The van der Waals surface area contributed by atoms with Crippen molar-refractivity contribution in [2.45, 2.75) is 19.9 Å². The minimum atomic E-state index is 0. The molecule has 0 atom stereocenters. The van der Waals surface area contributed by atoms with Gasteiger partial charge in [0.15, 0.2) is 5.96 Å². The van der Waals surface area contributed by atoms with Crippen LogP contribution in [0.5, 0.6) is 0 Å². The Labute approximate surface area is 159 Å². The summed E-state index contributed by atoms with van der Waals surface area (Å²) >= 11 is 0. The Morgan fingerprint density at radius 2 is 1.96 bits per heavy atom. The van der Waals surface area contributed by atoms with Crippen molar-refractivity contribution in [2.24, 2.45) is 4.99 Å². The van der Waals surface area contributed by atoms with Crippen LogP contribution >= 0.6 is 24.0 Å². The molecule has 7 heteroatoms. The van der Waals surface area contributed by atoms with E-state index < -0.39 is 0 Å². The van der Waals surface area contributed by atoms with Gasteiger partial charge in [0, 0.05) is 45.1 Å². The zero-order valence-electron chi connectivity index (χ0n) is 14.5. The van der Waals surface area contributed by atoms with Crippen molar-refractivity contribution in [3.8, 4) is 0 Å². The van der Waals surface area contributed by atoms with Crippen LogP contribution in [0, 0.1) is 6.92 Å². The smallest absolute Gasteiger partial charge is 0.223 e. The summed E-state index contributed by atoms with van der Waals surface area (Å²) in [5, 5.41) is 7.47. The van der Waals surface area contributed by atoms with E-state index in [1.165, 1.54) is 0 Å². The number of hydrogen-bond acceptors (Lipinski definition) is 3. The lowest BCUT2D eigenvalue weighted by atomic mass is 10.1. The number of furan rings is 1. The van der Waals surface area contributed by atoms with Crippen LogP contribution in [0.2, 0.25) is 0 Å². The van der Waals surface area contributed by atoms with E-state index in [1.807, 2.05) is 18.2 Å². The van der Waals surface area contributed by atoms with Crippen molar-refractivity contribution >= 4 is 46.8 Å². The second kappa shape index (κ2) is 9.51. The molecule has 132 valence electrons. The van der Waals surface area contributed by atoms with Crippen LogP contribution < -0.4 is 10.6 Å². The number of carbonyl (C=O) groups excluding carboxylic acids is 1. The van der Waals surface area contributed by atoms with Crippen molar-refractivity contribution in [2.75, 3.05) is 27.7 Å². The van der Waals surface area contributed by atoms with Crippen LogP contribution in [0.15, 0.2) is 33.7 Å². The third-order valence-corrected chi connectivity index (χ3v) is 3.71. The number of carbonyl (C=O) groups is 1. The molecule has 6 nitrogen and oxygen atoms in total. The highest BCUT2D eigenvalue weighted by Gasteiger charge is 2.10. The monoisotopic (exact) mass is 444 g/mol. The number of aliphatic imine (C=N–C) groups is 1. The zero-order chi connectivity index (χ0) is 16.8. The third-order valence-electron chi connectivity index (χ3n) is 3.71. The minimum Gasteiger partial charge on any atom is -0.459 e. The first-order chi connectivity index (χ1) is 11.0. The fourth-order valence-corrected chi connectivity index (χ4v) is 2.29. The maximum absolute atomic E-state index is 11.5. The molecule has 1 heterocycles. The molecule has 0 aliphatic heterocycles. The molecule has 0 saturated heterocycles. The molecular weight excluding hydrogens is 419 g/mol. The van der Waals surface area contributed by atoms with E-state index in [9.17, 15) is 4.79 Å². The van der Waals surface area contributed by atoms with E-state index in [-0.39, 0.29) is 29.9 Å². The minimum absolute atomic E-state index is 0. The Bertz CT molecular complexity index is 710. The number of aryl methyl sites for hydroxylation is 1. The van der Waals surface area contributed by atoms with Gasteiger partial charge in [0.25, 0.3) is 0 Å². The molecule has 0 radical (unpaired) electrons. The summed E-state index contributed by atoms with van der Waals surface area (Å²) in [6, 6.07) is 7.98. The van der Waals surface area contributed by atoms with Crippen LogP contribution in [-0.2, 0) is 11.3 Å². The predicted molar refractivity (Wildman–Crippen MR) is 108 cm³/mol. The van der Waals surface area contributed by atoms with Crippen LogP contribution in [0.25, 0.3) is 11.0 Å². The first kappa shape index (κ1) is 20.3. The van der Waals surface area contributed by atoms with Crippen LogP contribution in [-0.4, -0.2) is 44.5 Å². The van der Waals surface area contributed by atoms with Crippen molar-refractivity contribution in [3.05, 3.63) is 35.6 Å². The van der Waals surface area contributed by atoms with Gasteiger partial charge in [-0.1, -0.05) is 18.2 Å². The highest BCUT2D eigenvalue weighted by atomic mass is 127. The molecule has 0 saturated carbocycles. The van der Waals surface area contributed by atoms with Gasteiger partial charge in [0.2, 0.25) is 5.91 Å². The Balaban J connectivity index is 0.00000288. The molecule has 1 aromatic carbocycles. The molecule has 1 amide bonds. The molecule has 2 N–H and O–H groups in total. The van der Waals surface area contributed by atoms with E-state index >= 15 is 0 Å². The molecular formula is C17H25IN4O2. The maximum Gasteiger partial charge on any atom is 0.223 e. The SMILES string of the molecule is CN=C(NCCC(=O)N(C)C)NCc1oc2ccccc2c1C.I. The lowest BCUT2D eigenvalue weighted by Crippen LogP contribution is -2.38. The zero-order valence-corrected chi connectivity index (χ0v) is 16.9. The van der Waals surface area contributed by atoms with Crippen LogP contribution in [0.3, 0.4) is 0 Å². The lowest BCUT2D eigenvalue weighted by Gasteiger charge is -2.13. The van der Waals surface area contributed by atoms with Crippen molar-refractivity contribution < 1.29 is 9.21 Å². The normalized spacial score (nSPS) is 11.1. The number of benzene rings is 1. The van der Waals surface area contributed by atoms with Gasteiger partial charge in [-0.15, -0.1) is 24.0 Å². The molecule has 2 aromatic rings. The average molecular weight is 444 g/mol. The topological polar surface area (TPSA) is 69.9 Å². The number of halogens is 1. The first-order valence-corrected chi connectivity index (χ1v) is 7.64. The summed E-state index contributed by atoms with van der Waals surface area (Å²) in [6.45, 7) is 3.13. The van der Waals surface area contributed by atoms with Gasteiger partial charge < -0.3 is 20.0 Å². The number of fused-ring (bicyclic) bond motifs is 1. The number of rotatable bonds is 5. The second-order valence-electron chi connectivity index (χ2n) is 5.54. The summed E-state index contributed by atoms with van der Waals surface area (Å²) in [5.41, 5.74) is 2.02. The Morgan fingerprint density at radius 3 is 2.58 bits per heavy atom. The number of nitrogens with zero attached hydrogens (tertiary/aromatic N) is 2. The van der Waals surface area contributed by atoms with Gasteiger partial charge >= 0.3 is 0 Å². The first-order valence-electron chi connectivity index (χ1n) is 7.64. The largest absolute Gasteiger partial charge is 0.459 e. The van der Waals surface area contributed by atoms with E-state index in [0.29, 0.717) is 25.5 Å². The van der Waals surface area contributed by atoms with Gasteiger partial charge in [-0.2, -0.15) is 0 Å². The predicted octanol–water partition coefficient (Wildman–Crippen LogP) is 2.50. The second-order valence-corrected chi connectivity index (χ2v) is 5.54. The Morgan fingerprint density at radius 1 is 1.25 bits per heavy atom. The average Bonchev–Trinajstić information content (AvgIpc) is 2.87. The quantitative estimate of drug-likeness (QED) is 0.423. The van der Waals surface area contributed by atoms with Gasteiger partial charge in [0.05, 0.1) is 6.54 Å². The molecule has 1 aromatic heterocycles. The lowest BCUT2D eigenvalue weighted by molar-refractivity contribution is -0.128. The van der Waals surface area contributed by atoms with Gasteiger partial charge in [-0.05, 0) is 13.0 Å². The number of hydrogen-bond donors (Lipinski definition) is 2. The molecule has 2 rings (SSSR count). The van der Waals surface area contributed by atoms with Gasteiger partial charge in [-0.25, -0.2) is 0 Å². The van der Waals surface area contributed by atoms with Crippen molar-refractivity contribution in [1.82, 2.24) is 15.5 Å². The maximum atomic E-state index is 11.5. The van der Waals surface area contributed by atoms with Crippen LogP contribution in [0.4, 0.5) is 0 Å². The molecule has 0 aliphatic carbocycles. The summed E-state index contributed by atoms with van der Waals surface area (Å²) in [5.74, 6) is 1.62. The fraction of sp³-hybridized carbons (Fsp3) is 0.412. The standard InChI is InChI=1S/C17H24N4O2.HI/c1-12-13-7-5-6-8-14(13)23-15(12)11-20-17(18-2)19-10-9-16(22)21(3)4;/h5-8H,9-11H2,1-4H3,(H2,18,19,20);1H. The Kier molecular flexibility index (Phi) is 8.03. The van der Waals surface area contributed by atoms with Gasteiger partial charge in [-0.3, -0.25) is 9.79 Å². The molecule has 24 heavy (non-hydrogen) atoms. The molecule has 0 aliphatic rings. The number of para-hydroxylation sites is 1. The van der Waals surface area contributed by atoms with Crippen LogP contribution in [0.1, 0.15) is 17.7 Å². The molecule has 0 fully saturated rings. The van der Waals surface area contributed by atoms with E-state index in [1.54, 1.807) is 26.0 Å². The third kappa shape index (κ3) is 5.12. The highest BCUT2D eigenvalue weighted by molar-refractivity contribution is 14.0. The highest BCUT2D eigenvalue weighted by Crippen LogP contribution is 2.24. The molecule has 0 unspecified atom stereocenters. The molecule has 0 bridgehead atoms.